The number of hydrogen-bond acceptors (Lipinski definition) is 3. The van der Waals surface area contributed by atoms with Gasteiger partial charge in [-0.25, -0.2) is 0 Å². The largest absolute Gasteiger partial charge is 0.402 e. The number of rotatable bonds is 1. The summed E-state index contributed by atoms with van der Waals surface area (Å²) in [6, 6.07) is 0. The predicted octanol–water partition coefficient (Wildman–Crippen LogP) is 1.19. The summed E-state index contributed by atoms with van der Waals surface area (Å²) in [5, 5.41) is 7.58. The molecule has 0 rings (SSSR count). The maximum absolute atomic E-state index is 7.07. The van der Waals surface area contributed by atoms with Crippen LogP contribution in [0.25, 0.3) is 0 Å². The minimum atomic E-state index is 0.505. The van der Waals surface area contributed by atoms with Gasteiger partial charge >= 0.3 is 0 Å². The first-order valence-electron chi connectivity index (χ1n) is 2.23. The number of thioether (sulfide) groups is 1. The number of nitrogens with two attached hydrogens (primary N) is 1. The molecule has 0 aliphatic carbocycles. The van der Waals surface area contributed by atoms with Crippen molar-refractivity contribution in [3.8, 4) is 0 Å². The summed E-state index contributed by atoms with van der Waals surface area (Å²) < 4.78 is 0. The Hall–Kier alpha value is -0.440. The van der Waals surface area contributed by atoms with E-state index in [9.17, 15) is 0 Å². The molecule has 0 heterocycles. The highest BCUT2D eigenvalue weighted by Gasteiger charge is 1.84. The standard InChI is InChI=1S/C5H10N2S/c1-4(6)3-5(7)8-2/h3,7H,6H2,1-2H3. The molecule has 0 radical (unpaired) electrons. The molecule has 0 bridgehead atoms. The highest BCUT2D eigenvalue weighted by atomic mass is 32.2. The van der Waals surface area contributed by atoms with Gasteiger partial charge in [0.15, 0.2) is 0 Å². The smallest absolute Gasteiger partial charge is 0.0884 e. The maximum atomic E-state index is 7.07. The Labute approximate surface area is 53.7 Å². The number of allylic oxidation sites excluding steroid dienone is 1. The van der Waals surface area contributed by atoms with E-state index >= 15 is 0 Å². The quantitative estimate of drug-likeness (QED) is 0.414. The maximum Gasteiger partial charge on any atom is 0.0884 e. The van der Waals surface area contributed by atoms with E-state index in [1.165, 1.54) is 11.8 Å². The highest BCUT2D eigenvalue weighted by molar-refractivity contribution is 8.13. The SMILES string of the molecule is CSC(=N)C=C(C)N. The van der Waals surface area contributed by atoms with Gasteiger partial charge in [0.25, 0.3) is 0 Å². The molecule has 0 atom stereocenters. The van der Waals surface area contributed by atoms with Crippen LogP contribution in [0, 0.1) is 5.41 Å². The van der Waals surface area contributed by atoms with Gasteiger partial charge < -0.3 is 5.73 Å². The van der Waals surface area contributed by atoms with Gasteiger partial charge in [-0.05, 0) is 19.3 Å². The van der Waals surface area contributed by atoms with Crippen LogP contribution in [-0.4, -0.2) is 11.3 Å². The molecule has 3 N–H and O–H groups in total. The highest BCUT2D eigenvalue weighted by Crippen LogP contribution is 1.96. The molecule has 2 nitrogen and oxygen atoms in total. The van der Waals surface area contributed by atoms with Crippen LogP contribution in [0.1, 0.15) is 6.92 Å². The molecule has 0 aromatic rings. The lowest BCUT2D eigenvalue weighted by atomic mass is 10.5. The average molecular weight is 130 g/mol. The second kappa shape index (κ2) is 3.55. The summed E-state index contributed by atoms with van der Waals surface area (Å²) in [5.41, 5.74) is 5.96. The van der Waals surface area contributed by atoms with Gasteiger partial charge in [-0.3, -0.25) is 5.41 Å². The molecule has 46 valence electrons. The Bertz CT molecular complexity index is 114. The van der Waals surface area contributed by atoms with Crippen molar-refractivity contribution < 1.29 is 0 Å². The van der Waals surface area contributed by atoms with Crippen molar-refractivity contribution in [3.05, 3.63) is 11.8 Å². The second-order valence-electron chi connectivity index (χ2n) is 1.46. The van der Waals surface area contributed by atoms with Crippen molar-refractivity contribution in [1.82, 2.24) is 0 Å². The van der Waals surface area contributed by atoms with Crippen LogP contribution in [0.15, 0.2) is 11.8 Å². The summed E-state index contributed by atoms with van der Waals surface area (Å²) in [7, 11) is 0. The molecule has 8 heavy (non-hydrogen) atoms. The van der Waals surface area contributed by atoms with E-state index < -0.39 is 0 Å². The molecule has 0 unspecified atom stereocenters. The first kappa shape index (κ1) is 7.56. The molecule has 0 fully saturated rings. The molecule has 0 aliphatic heterocycles. The van der Waals surface area contributed by atoms with Crippen molar-refractivity contribution in [2.75, 3.05) is 6.26 Å². The van der Waals surface area contributed by atoms with Gasteiger partial charge in [-0.1, -0.05) is 0 Å². The van der Waals surface area contributed by atoms with Gasteiger partial charge in [0.1, 0.15) is 0 Å². The topological polar surface area (TPSA) is 49.9 Å². The Balaban J connectivity index is 3.70. The van der Waals surface area contributed by atoms with E-state index in [1.807, 2.05) is 6.26 Å². The third kappa shape index (κ3) is 3.74. The number of hydrogen-bond donors (Lipinski definition) is 2. The summed E-state index contributed by atoms with van der Waals surface area (Å²) >= 11 is 1.38. The Kier molecular flexibility index (Phi) is 3.35. The Morgan fingerprint density at radius 1 is 1.75 bits per heavy atom. The normalized spacial score (nSPS) is 11.5. The summed E-state index contributed by atoms with van der Waals surface area (Å²) in [6.07, 6.45) is 3.48. The summed E-state index contributed by atoms with van der Waals surface area (Å²) in [5.74, 6) is 0. The fourth-order valence-electron chi connectivity index (χ4n) is 0.266. The zero-order valence-corrected chi connectivity index (χ0v) is 5.88. The lowest BCUT2D eigenvalue weighted by Crippen LogP contribution is -1.93. The molecule has 0 saturated carbocycles. The molecular formula is C5H10N2S. The van der Waals surface area contributed by atoms with Gasteiger partial charge in [-0.15, -0.1) is 11.8 Å². The van der Waals surface area contributed by atoms with E-state index in [-0.39, 0.29) is 0 Å². The Morgan fingerprint density at radius 3 is 2.38 bits per heavy atom. The van der Waals surface area contributed by atoms with Crippen molar-refractivity contribution in [2.45, 2.75) is 6.92 Å². The van der Waals surface area contributed by atoms with Crippen molar-refractivity contribution in [1.29, 1.82) is 5.41 Å². The molecule has 0 spiro atoms. The molecule has 0 aromatic carbocycles. The summed E-state index contributed by atoms with van der Waals surface area (Å²) in [4.78, 5) is 0. The lowest BCUT2D eigenvalue weighted by Gasteiger charge is -1.89. The van der Waals surface area contributed by atoms with Crippen molar-refractivity contribution >= 4 is 16.8 Å². The lowest BCUT2D eigenvalue weighted by molar-refractivity contribution is 1.32. The fraction of sp³-hybridized carbons (Fsp3) is 0.400. The fourth-order valence-corrected chi connectivity index (χ4v) is 0.569. The molecule has 0 saturated heterocycles. The zero-order chi connectivity index (χ0) is 6.57. The van der Waals surface area contributed by atoms with Crippen LogP contribution >= 0.6 is 11.8 Å². The zero-order valence-electron chi connectivity index (χ0n) is 5.06. The van der Waals surface area contributed by atoms with Crippen molar-refractivity contribution in [3.63, 3.8) is 0 Å². The third-order valence-corrected chi connectivity index (χ3v) is 1.14. The van der Waals surface area contributed by atoms with Crippen LogP contribution < -0.4 is 5.73 Å². The van der Waals surface area contributed by atoms with Gasteiger partial charge in [-0.2, -0.15) is 0 Å². The predicted molar refractivity (Wildman–Crippen MR) is 39.2 cm³/mol. The van der Waals surface area contributed by atoms with E-state index in [0.717, 1.165) is 0 Å². The average Bonchev–Trinajstić information content (AvgIpc) is 1.65. The van der Waals surface area contributed by atoms with Crippen LogP contribution in [0.2, 0.25) is 0 Å². The van der Waals surface area contributed by atoms with Crippen LogP contribution in [-0.2, 0) is 0 Å². The van der Waals surface area contributed by atoms with Crippen LogP contribution in [0.3, 0.4) is 0 Å². The van der Waals surface area contributed by atoms with E-state index in [4.69, 9.17) is 11.1 Å². The molecular weight excluding hydrogens is 120 g/mol. The van der Waals surface area contributed by atoms with Gasteiger partial charge in [0.2, 0.25) is 0 Å². The molecule has 0 aromatic heterocycles. The van der Waals surface area contributed by atoms with E-state index in [2.05, 4.69) is 0 Å². The molecule has 0 aliphatic rings. The third-order valence-electron chi connectivity index (χ3n) is 0.579. The van der Waals surface area contributed by atoms with Crippen molar-refractivity contribution in [2.24, 2.45) is 5.73 Å². The first-order chi connectivity index (χ1) is 3.66. The van der Waals surface area contributed by atoms with E-state index in [0.29, 0.717) is 10.7 Å². The van der Waals surface area contributed by atoms with Gasteiger partial charge in [0.05, 0.1) is 5.04 Å². The van der Waals surface area contributed by atoms with Crippen LogP contribution in [0.4, 0.5) is 0 Å². The number of nitrogens with one attached hydrogen (secondary N) is 1. The first-order valence-corrected chi connectivity index (χ1v) is 3.45. The minimum absolute atomic E-state index is 0.505. The minimum Gasteiger partial charge on any atom is -0.402 e. The van der Waals surface area contributed by atoms with Crippen LogP contribution in [0.5, 0.6) is 0 Å². The second-order valence-corrected chi connectivity index (χ2v) is 2.30. The summed E-state index contributed by atoms with van der Waals surface area (Å²) in [6.45, 7) is 1.77. The molecule has 3 heteroatoms. The monoisotopic (exact) mass is 130 g/mol. The Morgan fingerprint density at radius 2 is 2.25 bits per heavy atom. The molecule has 0 amide bonds. The van der Waals surface area contributed by atoms with E-state index in [1.54, 1.807) is 13.0 Å². The van der Waals surface area contributed by atoms with Gasteiger partial charge in [0, 0.05) is 5.70 Å².